The van der Waals surface area contributed by atoms with Crippen molar-refractivity contribution in [2.75, 3.05) is 18.2 Å². The van der Waals surface area contributed by atoms with E-state index in [1.165, 1.54) is 25.7 Å². The molecule has 3 rings (SSSR count). The fourth-order valence-electron chi connectivity index (χ4n) is 2.96. The number of anilines is 1. The number of halogens is 1. The molecule has 114 valence electrons. The number of nitrogens with zero attached hydrogens (tertiary/aromatic N) is 1. The van der Waals surface area contributed by atoms with Crippen LogP contribution in [0.2, 0.25) is 5.02 Å². The number of thioether (sulfide) groups is 1. The molecule has 5 heteroatoms. The van der Waals surface area contributed by atoms with Crippen LogP contribution in [-0.4, -0.2) is 23.6 Å². The van der Waals surface area contributed by atoms with Gasteiger partial charge in [-0.25, -0.2) is 0 Å². The monoisotopic (exact) mass is 324 g/mol. The van der Waals surface area contributed by atoms with E-state index in [1.54, 1.807) is 7.11 Å². The number of nitrogens with one attached hydrogen (secondary N) is 1. The number of rotatable bonds is 2. The highest BCUT2D eigenvalue weighted by molar-refractivity contribution is 8.14. The minimum absolute atomic E-state index is 0.177. The van der Waals surface area contributed by atoms with Crippen molar-refractivity contribution in [2.24, 2.45) is 10.9 Å². The van der Waals surface area contributed by atoms with Crippen molar-refractivity contribution in [2.45, 2.75) is 38.1 Å². The first kappa shape index (κ1) is 15.0. The van der Waals surface area contributed by atoms with Gasteiger partial charge in [-0.05, 0) is 43.7 Å². The van der Waals surface area contributed by atoms with Crippen molar-refractivity contribution in [1.82, 2.24) is 0 Å². The van der Waals surface area contributed by atoms with Crippen LogP contribution in [0.25, 0.3) is 0 Å². The van der Waals surface area contributed by atoms with Gasteiger partial charge in [-0.2, -0.15) is 0 Å². The minimum atomic E-state index is 0.177. The number of aliphatic imine (C=N–C) groups is 1. The van der Waals surface area contributed by atoms with E-state index in [-0.39, 0.29) is 5.54 Å². The van der Waals surface area contributed by atoms with E-state index in [1.807, 2.05) is 30.0 Å². The molecule has 0 atom stereocenters. The standard InChI is InChI=1S/C16H21ClN2OS/c1-11-5-7-16(8-6-11)10-21-15(19-16)18-12-3-4-13(17)14(9-12)20-2/h3-4,9,11H,5-8,10H2,1-2H3,(H,18,19). The van der Waals surface area contributed by atoms with Gasteiger partial charge in [0.15, 0.2) is 5.17 Å². The zero-order valence-electron chi connectivity index (χ0n) is 12.5. The molecular formula is C16H21ClN2OS. The van der Waals surface area contributed by atoms with Crippen LogP contribution in [-0.2, 0) is 0 Å². The summed E-state index contributed by atoms with van der Waals surface area (Å²) in [7, 11) is 1.63. The Bertz CT molecular complexity index is 553. The van der Waals surface area contributed by atoms with Crippen LogP contribution in [0, 0.1) is 5.92 Å². The third-order valence-electron chi connectivity index (χ3n) is 4.42. The maximum atomic E-state index is 6.06. The van der Waals surface area contributed by atoms with Gasteiger partial charge in [0.2, 0.25) is 0 Å². The quantitative estimate of drug-likeness (QED) is 0.847. The highest BCUT2D eigenvalue weighted by Crippen LogP contribution is 2.41. The molecule has 1 fully saturated rings. The molecule has 2 aliphatic rings. The molecule has 0 radical (unpaired) electrons. The SMILES string of the molecule is COc1cc(NC2=NC3(CCC(C)CC3)CS2)ccc1Cl. The maximum Gasteiger partial charge on any atom is 0.161 e. The number of hydrogen-bond acceptors (Lipinski definition) is 4. The molecule has 21 heavy (non-hydrogen) atoms. The number of ether oxygens (including phenoxy) is 1. The van der Waals surface area contributed by atoms with Crippen molar-refractivity contribution in [1.29, 1.82) is 0 Å². The van der Waals surface area contributed by atoms with Gasteiger partial charge in [0.1, 0.15) is 5.75 Å². The Labute approximate surface area is 135 Å². The van der Waals surface area contributed by atoms with Crippen molar-refractivity contribution >= 4 is 34.2 Å². The summed E-state index contributed by atoms with van der Waals surface area (Å²) in [4.78, 5) is 4.98. The second-order valence-corrected chi connectivity index (χ2v) is 7.46. The Hall–Kier alpha value is -0.870. The van der Waals surface area contributed by atoms with Gasteiger partial charge in [-0.3, -0.25) is 4.99 Å². The van der Waals surface area contributed by atoms with Crippen molar-refractivity contribution in [3.8, 4) is 5.75 Å². The molecule has 1 saturated carbocycles. The van der Waals surface area contributed by atoms with Gasteiger partial charge in [-0.15, -0.1) is 0 Å². The topological polar surface area (TPSA) is 33.6 Å². The molecule has 1 aliphatic heterocycles. The summed E-state index contributed by atoms with van der Waals surface area (Å²) in [6, 6.07) is 5.72. The predicted octanol–water partition coefficient (Wildman–Crippen LogP) is 4.81. The third kappa shape index (κ3) is 3.32. The summed E-state index contributed by atoms with van der Waals surface area (Å²) in [5.41, 5.74) is 1.15. The van der Waals surface area contributed by atoms with E-state index in [4.69, 9.17) is 21.3 Å². The fraction of sp³-hybridized carbons (Fsp3) is 0.562. The summed E-state index contributed by atoms with van der Waals surface area (Å²) in [6.45, 7) is 2.35. The average Bonchev–Trinajstić information content (AvgIpc) is 2.87. The summed E-state index contributed by atoms with van der Waals surface area (Å²) < 4.78 is 5.25. The first-order valence-electron chi connectivity index (χ1n) is 7.43. The molecular weight excluding hydrogens is 304 g/mol. The summed E-state index contributed by atoms with van der Waals surface area (Å²) in [5, 5.41) is 5.05. The summed E-state index contributed by atoms with van der Waals surface area (Å²) in [6.07, 6.45) is 5.03. The summed E-state index contributed by atoms with van der Waals surface area (Å²) in [5.74, 6) is 2.65. The van der Waals surface area contributed by atoms with E-state index >= 15 is 0 Å². The molecule has 1 aromatic carbocycles. The van der Waals surface area contributed by atoms with E-state index in [0.29, 0.717) is 10.8 Å². The molecule has 0 amide bonds. The van der Waals surface area contributed by atoms with Crippen LogP contribution < -0.4 is 10.1 Å². The van der Waals surface area contributed by atoms with Gasteiger partial charge in [0, 0.05) is 17.5 Å². The number of hydrogen-bond donors (Lipinski definition) is 1. The van der Waals surface area contributed by atoms with Crippen LogP contribution in [0.15, 0.2) is 23.2 Å². The van der Waals surface area contributed by atoms with Crippen molar-refractivity contribution in [3.05, 3.63) is 23.2 Å². The van der Waals surface area contributed by atoms with Crippen LogP contribution in [0.1, 0.15) is 32.6 Å². The molecule has 0 aromatic heterocycles. The summed E-state index contributed by atoms with van der Waals surface area (Å²) >= 11 is 7.88. The molecule has 1 N–H and O–H groups in total. The highest BCUT2D eigenvalue weighted by atomic mass is 35.5. The Kier molecular flexibility index (Phi) is 4.36. The fourth-order valence-corrected chi connectivity index (χ4v) is 4.36. The molecule has 0 saturated heterocycles. The lowest BCUT2D eigenvalue weighted by atomic mass is 9.79. The smallest absolute Gasteiger partial charge is 0.161 e. The molecule has 1 aromatic rings. The lowest BCUT2D eigenvalue weighted by Crippen LogP contribution is -2.32. The van der Waals surface area contributed by atoms with Crippen LogP contribution in [0.5, 0.6) is 5.75 Å². The Morgan fingerprint density at radius 1 is 1.38 bits per heavy atom. The van der Waals surface area contributed by atoms with E-state index in [0.717, 1.165) is 22.5 Å². The Morgan fingerprint density at radius 2 is 2.14 bits per heavy atom. The molecule has 1 aliphatic carbocycles. The van der Waals surface area contributed by atoms with Crippen molar-refractivity contribution < 1.29 is 4.74 Å². The van der Waals surface area contributed by atoms with Gasteiger partial charge >= 0.3 is 0 Å². The lowest BCUT2D eigenvalue weighted by Gasteiger charge is -2.32. The van der Waals surface area contributed by atoms with Crippen LogP contribution in [0.4, 0.5) is 5.69 Å². The molecule has 0 unspecified atom stereocenters. The van der Waals surface area contributed by atoms with E-state index < -0.39 is 0 Å². The molecule has 0 bridgehead atoms. The minimum Gasteiger partial charge on any atom is -0.495 e. The van der Waals surface area contributed by atoms with Gasteiger partial charge in [-0.1, -0.05) is 30.3 Å². The third-order valence-corrected chi connectivity index (χ3v) is 5.88. The van der Waals surface area contributed by atoms with Gasteiger partial charge in [0.25, 0.3) is 0 Å². The molecule has 3 nitrogen and oxygen atoms in total. The van der Waals surface area contributed by atoms with Gasteiger partial charge in [0.05, 0.1) is 17.7 Å². The second kappa shape index (κ2) is 6.09. The zero-order chi connectivity index (χ0) is 14.9. The molecule has 1 spiro atoms. The van der Waals surface area contributed by atoms with E-state index in [9.17, 15) is 0 Å². The number of amidine groups is 1. The largest absolute Gasteiger partial charge is 0.495 e. The average molecular weight is 325 g/mol. The van der Waals surface area contributed by atoms with Crippen LogP contribution in [0.3, 0.4) is 0 Å². The molecule has 1 heterocycles. The lowest BCUT2D eigenvalue weighted by molar-refractivity contribution is 0.273. The maximum absolute atomic E-state index is 6.06. The Morgan fingerprint density at radius 3 is 2.86 bits per heavy atom. The highest BCUT2D eigenvalue weighted by Gasteiger charge is 2.38. The first-order valence-corrected chi connectivity index (χ1v) is 8.80. The predicted molar refractivity (Wildman–Crippen MR) is 91.9 cm³/mol. The van der Waals surface area contributed by atoms with Gasteiger partial charge < -0.3 is 10.1 Å². The zero-order valence-corrected chi connectivity index (χ0v) is 14.1. The second-order valence-electron chi connectivity index (χ2n) is 6.09. The Balaban J connectivity index is 1.71. The van der Waals surface area contributed by atoms with Crippen LogP contribution >= 0.6 is 23.4 Å². The normalized spacial score (nSPS) is 28.5. The number of benzene rings is 1. The van der Waals surface area contributed by atoms with Crippen molar-refractivity contribution in [3.63, 3.8) is 0 Å². The van der Waals surface area contributed by atoms with E-state index in [2.05, 4.69) is 12.2 Å². The number of methoxy groups -OCH3 is 1. The first-order chi connectivity index (χ1) is 10.1.